The topological polar surface area (TPSA) is 43.4 Å². The maximum atomic E-state index is 11.9. The van der Waals surface area contributed by atoms with Crippen molar-refractivity contribution in [1.29, 1.82) is 0 Å². The Balaban J connectivity index is 4.43. The lowest BCUT2D eigenvalue weighted by molar-refractivity contribution is -0.0500. The Hall–Kier alpha value is -0.0831. The number of hydrogen-bond acceptors (Lipinski definition) is 3. The van der Waals surface area contributed by atoms with E-state index in [9.17, 15) is 21.6 Å². The van der Waals surface area contributed by atoms with Crippen LogP contribution in [0.4, 0.5) is 13.2 Å². The molecule has 1 unspecified atom stereocenters. The van der Waals surface area contributed by atoms with Crippen LogP contribution >= 0.6 is 0 Å². The average molecular weight is 262 g/mol. The van der Waals surface area contributed by atoms with Crippen molar-refractivity contribution in [1.82, 2.24) is 0 Å². The van der Waals surface area contributed by atoms with Gasteiger partial charge in [-0.3, -0.25) is 0 Å². The number of alkyl halides is 3. The summed E-state index contributed by atoms with van der Waals surface area (Å²) in [5, 5.41) is 0. The van der Waals surface area contributed by atoms with Gasteiger partial charge in [0.25, 0.3) is 9.76 Å². The lowest BCUT2D eigenvalue weighted by Crippen LogP contribution is -2.30. The van der Waals surface area contributed by atoms with Gasteiger partial charge in [-0.15, -0.1) is 0 Å². The molecular weight excluding hydrogens is 249 g/mol. The molecule has 0 rings (SSSR count). The summed E-state index contributed by atoms with van der Waals surface area (Å²) in [5.41, 5.74) is -5.90. The summed E-state index contributed by atoms with van der Waals surface area (Å²) in [7, 11) is -6.17. The van der Waals surface area contributed by atoms with Crippen LogP contribution in [0.5, 0.6) is 0 Å². The van der Waals surface area contributed by atoms with E-state index in [-0.39, 0.29) is 11.0 Å². The molecule has 8 heteroatoms. The molecule has 0 aromatic rings. The molecule has 1 atom stereocenters. The average Bonchev–Trinajstić information content (AvgIpc) is 1.96. The van der Waals surface area contributed by atoms with Crippen LogP contribution in [-0.2, 0) is 14.0 Å². The summed E-state index contributed by atoms with van der Waals surface area (Å²) in [6, 6.07) is 0. The van der Waals surface area contributed by atoms with Gasteiger partial charge in [0.2, 0.25) is 0 Å². The number of rotatable bonds is 3. The molecule has 0 saturated carbocycles. The minimum Gasteiger partial charge on any atom is -0.309 e. The minimum atomic E-state index is -5.44. The molecule has 0 fully saturated rings. The van der Waals surface area contributed by atoms with E-state index in [1.165, 1.54) is 0 Å². The second-order valence-corrected chi connectivity index (χ2v) is 7.33. The van der Waals surface area contributed by atoms with Crippen LogP contribution in [0, 0.1) is 5.41 Å². The fourth-order valence-corrected chi connectivity index (χ4v) is 2.18. The molecular formula is C7H13F3O3SSi. The van der Waals surface area contributed by atoms with Crippen LogP contribution in [0.15, 0.2) is 0 Å². The molecule has 0 aromatic heterocycles. The molecule has 0 aliphatic heterocycles. The first kappa shape index (κ1) is 14.9. The Kier molecular flexibility index (Phi) is 4.40. The maximum Gasteiger partial charge on any atom is 0.522 e. The van der Waals surface area contributed by atoms with Gasteiger partial charge in [0.15, 0.2) is 0 Å². The van der Waals surface area contributed by atoms with Crippen molar-refractivity contribution in [3.63, 3.8) is 0 Å². The summed E-state index contributed by atoms with van der Waals surface area (Å²) < 4.78 is 60.7. The maximum absolute atomic E-state index is 11.9. The Morgan fingerprint density at radius 1 is 1.20 bits per heavy atom. The normalized spacial score (nSPS) is 16.5. The van der Waals surface area contributed by atoms with E-state index in [1.807, 2.05) is 0 Å². The minimum absolute atomic E-state index is 0.269. The summed E-state index contributed by atoms with van der Waals surface area (Å²) >= 11 is 0. The van der Waals surface area contributed by atoms with Gasteiger partial charge in [-0.2, -0.15) is 21.6 Å². The monoisotopic (exact) mass is 262 g/mol. The Morgan fingerprint density at radius 2 is 1.60 bits per heavy atom. The molecule has 0 heterocycles. The fraction of sp³-hybridized carbons (Fsp3) is 1.00. The van der Waals surface area contributed by atoms with E-state index in [4.69, 9.17) is 0 Å². The molecule has 15 heavy (non-hydrogen) atoms. The molecule has 90 valence electrons. The van der Waals surface area contributed by atoms with Gasteiger partial charge in [-0.05, 0) is 11.0 Å². The molecule has 0 aliphatic rings. The van der Waals surface area contributed by atoms with Crippen LogP contribution in [0.25, 0.3) is 0 Å². The molecule has 2 radical (unpaired) electrons. The van der Waals surface area contributed by atoms with Crippen LogP contribution in [0.1, 0.15) is 27.7 Å². The van der Waals surface area contributed by atoms with E-state index in [0.29, 0.717) is 0 Å². The van der Waals surface area contributed by atoms with Crippen molar-refractivity contribution < 1.29 is 25.5 Å². The fourth-order valence-electron chi connectivity index (χ4n) is 0.360. The highest BCUT2D eigenvalue weighted by Gasteiger charge is 2.47. The van der Waals surface area contributed by atoms with Crippen molar-refractivity contribution in [3.8, 4) is 0 Å². The van der Waals surface area contributed by atoms with Crippen molar-refractivity contribution in [2.45, 2.75) is 38.7 Å². The zero-order valence-electron chi connectivity index (χ0n) is 8.84. The molecule has 0 aromatic carbocycles. The predicted octanol–water partition coefficient (Wildman–Crippen LogP) is 2.33. The van der Waals surface area contributed by atoms with Crippen molar-refractivity contribution in [2.75, 3.05) is 0 Å². The van der Waals surface area contributed by atoms with Gasteiger partial charge in [0.1, 0.15) is 0 Å². The zero-order valence-corrected chi connectivity index (χ0v) is 10.7. The van der Waals surface area contributed by atoms with Crippen molar-refractivity contribution in [2.24, 2.45) is 5.41 Å². The molecule has 0 aliphatic carbocycles. The molecule has 0 spiro atoms. The Morgan fingerprint density at radius 3 is 1.87 bits per heavy atom. The number of hydrogen-bond donors (Lipinski definition) is 0. The first-order chi connectivity index (χ1) is 6.38. The third-order valence-corrected chi connectivity index (χ3v) is 4.97. The van der Waals surface area contributed by atoms with E-state index in [1.54, 1.807) is 27.7 Å². The Bertz CT molecular complexity index is 304. The standard InChI is InChI=1S/C7H13F3O3SSi/c1-5(6(2,3)4)15-13-14(11,12)7(8,9)10/h5H,1-4H3. The van der Waals surface area contributed by atoms with Crippen molar-refractivity contribution >= 4 is 19.9 Å². The molecule has 3 nitrogen and oxygen atoms in total. The van der Waals surface area contributed by atoms with E-state index in [0.717, 1.165) is 0 Å². The van der Waals surface area contributed by atoms with Gasteiger partial charge < -0.3 is 3.87 Å². The van der Waals surface area contributed by atoms with Gasteiger partial charge in [-0.25, -0.2) is 0 Å². The lowest BCUT2D eigenvalue weighted by atomic mass is 9.93. The van der Waals surface area contributed by atoms with Gasteiger partial charge in [0, 0.05) is 0 Å². The zero-order chi connectivity index (χ0) is 12.5. The summed E-state index contributed by atoms with van der Waals surface area (Å²) in [6.07, 6.45) is 0. The van der Waals surface area contributed by atoms with Gasteiger partial charge in [-0.1, -0.05) is 27.7 Å². The van der Waals surface area contributed by atoms with E-state index < -0.39 is 25.4 Å². The van der Waals surface area contributed by atoms with Gasteiger partial charge >= 0.3 is 15.6 Å². The highest BCUT2D eigenvalue weighted by atomic mass is 32.2. The lowest BCUT2D eigenvalue weighted by Gasteiger charge is -2.25. The summed E-state index contributed by atoms with van der Waals surface area (Å²) in [6.45, 7) is 7.04. The van der Waals surface area contributed by atoms with Crippen LogP contribution < -0.4 is 0 Å². The van der Waals surface area contributed by atoms with Gasteiger partial charge in [0.05, 0.1) is 0 Å². The largest absolute Gasteiger partial charge is 0.522 e. The highest BCUT2D eigenvalue weighted by molar-refractivity contribution is 7.88. The first-order valence-corrected chi connectivity index (χ1v) is 6.52. The summed E-state index contributed by atoms with van der Waals surface area (Å²) in [4.78, 5) is 0. The third-order valence-electron chi connectivity index (χ3n) is 1.92. The predicted molar refractivity (Wildman–Crippen MR) is 50.7 cm³/mol. The number of halogens is 3. The first-order valence-electron chi connectivity index (χ1n) is 4.13. The molecule has 0 N–H and O–H groups in total. The molecule has 0 bridgehead atoms. The third kappa shape index (κ3) is 4.52. The second kappa shape index (κ2) is 4.42. The van der Waals surface area contributed by atoms with Crippen LogP contribution in [0.2, 0.25) is 5.54 Å². The smallest absolute Gasteiger partial charge is 0.309 e. The van der Waals surface area contributed by atoms with Crippen LogP contribution in [0.3, 0.4) is 0 Å². The van der Waals surface area contributed by atoms with E-state index >= 15 is 0 Å². The van der Waals surface area contributed by atoms with E-state index in [2.05, 4.69) is 3.87 Å². The highest BCUT2D eigenvalue weighted by Crippen LogP contribution is 2.32. The SMILES string of the molecule is CC([Si]OS(=O)(=O)C(F)(F)F)C(C)(C)C. The molecule has 0 amide bonds. The van der Waals surface area contributed by atoms with Crippen molar-refractivity contribution in [3.05, 3.63) is 0 Å². The molecule has 0 saturated heterocycles. The quantitative estimate of drug-likeness (QED) is 0.579. The van der Waals surface area contributed by atoms with Crippen LogP contribution in [-0.4, -0.2) is 23.7 Å². The Labute approximate surface area is 90.1 Å². The summed E-state index contributed by atoms with van der Waals surface area (Å²) in [5.74, 6) is 0. The second-order valence-electron chi connectivity index (χ2n) is 4.19.